The Kier molecular flexibility index (Phi) is 5.39. The molecule has 1 aromatic carbocycles. The van der Waals surface area contributed by atoms with E-state index < -0.39 is 0 Å². The minimum Gasteiger partial charge on any atom is -0.394 e. The number of hydrogen-bond acceptors (Lipinski definition) is 3. The molecule has 0 saturated heterocycles. The average Bonchev–Trinajstić information content (AvgIpc) is 2.76. The van der Waals surface area contributed by atoms with Crippen molar-refractivity contribution in [2.75, 3.05) is 18.5 Å². The third-order valence-electron chi connectivity index (χ3n) is 3.98. The number of aliphatic hydroxyl groups is 1. The summed E-state index contributed by atoms with van der Waals surface area (Å²) in [7, 11) is 0. The fourth-order valence-electron chi connectivity index (χ4n) is 2.51. The second-order valence-corrected chi connectivity index (χ2v) is 5.53. The van der Waals surface area contributed by atoms with Crippen molar-refractivity contribution in [2.45, 2.75) is 39.7 Å². The summed E-state index contributed by atoms with van der Waals surface area (Å²) in [5.74, 6) is 1.55. The topological polar surface area (TPSA) is 50.1 Å². The maximum absolute atomic E-state index is 9.12. The Morgan fingerprint density at radius 1 is 1.24 bits per heavy atom. The predicted octanol–water partition coefficient (Wildman–Crippen LogP) is 3.10. The Morgan fingerprint density at radius 3 is 2.62 bits per heavy atom. The number of aliphatic hydroxyl groups excluding tert-OH is 1. The molecule has 114 valence electrons. The predicted molar refractivity (Wildman–Crippen MR) is 86.8 cm³/mol. The van der Waals surface area contributed by atoms with Crippen molar-refractivity contribution in [3.05, 3.63) is 47.2 Å². The molecule has 0 spiro atoms. The van der Waals surface area contributed by atoms with Crippen LogP contribution < -0.4 is 5.32 Å². The second-order valence-electron chi connectivity index (χ2n) is 5.53. The van der Waals surface area contributed by atoms with E-state index in [0.717, 1.165) is 30.0 Å². The van der Waals surface area contributed by atoms with E-state index in [1.807, 2.05) is 17.7 Å². The maximum Gasteiger partial charge on any atom is 0.127 e. The average molecular weight is 287 g/mol. The van der Waals surface area contributed by atoms with Gasteiger partial charge in [0.15, 0.2) is 0 Å². The highest BCUT2D eigenvalue weighted by Gasteiger charge is 2.11. The van der Waals surface area contributed by atoms with Crippen LogP contribution >= 0.6 is 0 Å². The van der Waals surface area contributed by atoms with Crippen molar-refractivity contribution in [2.24, 2.45) is 0 Å². The van der Waals surface area contributed by atoms with Crippen LogP contribution in [0.15, 0.2) is 30.3 Å². The summed E-state index contributed by atoms with van der Waals surface area (Å²) in [5, 5.41) is 17.0. The second kappa shape index (κ2) is 7.27. The van der Waals surface area contributed by atoms with Gasteiger partial charge < -0.3 is 10.4 Å². The SMILES string of the molecule is Cc1nn(CCO)c(NCC[C@@H](C)c2ccccc2)c1C. The molecule has 21 heavy (non-hydrogen) atoms. The molecule has 0 fully saturated rings. The zero-order valence-corrected chi connectivity index (χ0v) is 13.1. The highest BCUT2D eigenvalue weighted by atomic mass is 16.3. The molecule has 0 radical (unpaired) electrons. The van der Waals surface area contributed by atoms with Crippen LogP contribution in [0.4, 0.5) is 5.82 Å². The first-order chi connectivity index (χ1) is 10.1. The molecule has 0 unspecified atom stereocenters. The van der Waals surface area contributed by atoms with Gasteiger partial charge in [0.1, 0.15) is 5.82 Å². The van der Waals surface area contributed by atoms with Crippen LogP contribution in [0.5, 0.6) is 0 Å². The summed E-state index contributed by atoms with van der Waals surface area (Å²) in [5.41, 5.74) is 3.55. The van der Waals surface area contributed by atoms with Gasteiger partial charge >= 0.3 is 0 Å². The smallest absolute Gasteiger partial charge is 0.127 e. The van der Waals surface area contributed by atoms with Crippen molar-refractivity contribution >= 4 is 5.82 Å². The molecule has 0 aliphatic carbocycles. The molecule has 2 rings (SSSR count). The molecule has 2 aromatic rings. The van der Waals surface area contributed by atoms with Crippen LogP contribution in [0.2, 0.25) is 0 Å². The molecular weight excluding hydrogens is 262 g/mol. The van der Waals surface area contributed by atoms with Crippen LogP contribution in [-0.2, 0) is 6.54 Å². The van der Waals surface area contributed by atoms with Gasteiger partial charge in [-0.25, -0.2) is 4.68 Å². The van der Waals surface area contributed by atoms with Crippen LogP contribution in [0.3, 0.4) is 0 Å². The van der Waals surface area contributed by atoms with Gasteiger partial charge in [-0.05, 0) is 31.7 Å². The largest absolute Gasteiger partial charge is 0.394 e. The Balaban J connectivity index is 1.94. The lowest BCUT2D eigenvalue weighted by Crippen LogP contribution is -2.13. The fourth-order valence-corrected chi connectivity index (χ4v) is 2.51. The Labute approximate surface area is 126 Å². The Bertz CT molecular complexity index is 563. The molecule has 1 heterocycles. The third kappa shape index (κ3) is 3.85. The van der Waals surface area contributed by atoms with Crippen molar-refractivity contribution in [3.63, 3.8) is 0 Å². The van der Waals surface area contributed by atoms with E-state index in [2.05, 4.69) is 48.5 Å². The maximum atomic E-state index is 9.12. The van der Waals surface area contributed by atoms with Crippen molar-refractivity contribution in [1.82, 2.24) is 9.78 Å². The van der Waals surface area contributed by atoms with E-state index >= 15 is 0 Å². The molecule has 0 saturated carbocycles. The third-order valence-corrected chi connectivity index (χ3v) is 3.98. The Hall–Kier alpha value is -1.81. The van der Waals surface area contributed by atoms with E-state index in [9.17, 15) is 0 Å². The molecular formula is C17H25N3O. The zero-order chi connectivity index (χ0) is 15.2. The molecule has 4 heteroatoms. The van der Waals surface area contributed by atoms with Gasteiger partial charge in [-0.1, -0.05) is 37.3 Å². The quantitative estimate of drug-likeness (QED) is 0.822. The number of hydrogen-bond donors (Lipinski definition) is 2. The lowest BCUT2D eigenvalue weighted by Gasteiger charge is -2.14. The lowest BCUT2D eigenvalue weighted by molar-refractivity contribution is 0.270. The summed E-state index contributed by atoms with van der Waals surface area (Å²) in [4.78, 5) is 0. The first kappa shape index (κ1) is 15.6. The number of nitrogens with one attached hydrogen (secondary N) is 1. The Morgan fingerprint density at radius 2 is 1.95 bits per heavy atom. The first-order valence-corrected chi connectivity index (χ1v) is 7.57. The minimum absolute atomic E-state index is 0.107. The summed E-state index contributed by atoms with van der Waals surface area (Å²) >= 11 is 0. The molecule has 0 bridgehead atoms. The van der Waals surface area contributed by atoms with E-state index in [0.29, 0.717) is 12.5 Å². The van der Waals surface area contributed by atoms with Gasteiger partial charge in [0.25, 0.3) is 0 Å². The summed E-state index contributed by atoms with van der Waals surface area (Å²) in [6, 6.07) is 10.6. The molecule has 0 aliphatic rings. The molecule has 1 atom stereocenters. The van der Waals surface area contributed by atoms with Crippen molar-refractivity contribution < 1.29 is 5.11 Å². The highest BCUT2D eigenvalue weighted by Crippen LogP contribution is 2.21. The van der Waals surface area contributed by atoms with Crippen LogP contribution in [0.1, 0.15) is 36.1 Å². The number of aromatic nitrogens is 2. The molecule has 0 amide bonds. The minimum atomic E-state index is 0.107. The number of aryl methyl sites for hydroxylation is 1. The van der Waals surface area contributed by atoms with Gasteiger partial charge in [-0.15, -0.1) is 0 Å². The lowest BCUT2D eigenvalue weighted by atomic mass is 9.98. The number of nitrogens with zero attached hydrogens (tertiary/aromatic N) is 2. The molecule has 0 aliphatic heterocycles. The van der Waals surface area contributed by atoms with E-state index in [4.69, 9.17) is 5.11 Å². The van der Waals surface area contributed by atoms with Gasteiger partial charge in [0, 0.05) is 12.1 Å². The fraction of sp³-hybridized carbons (Fsp3) is 0.471. The monoisotopic (exact) mass is 287 g/mol. The molecule has 2 N–H and O–H groups in total. The van der Waals surface area contributed by atoms with E-state index in [1.54, 1.807) is 0 Å². The summed E-state index contributed by atoms with van der Waals surface area (Å²) < 4.78 is 1.86. The summed E-state index contributed by atoms with van der Waals surface area (Å²) in [6.07, 6.45) is 1.06. The van der Waals surface area contributed by atoms with Gasteiger partial charge in [0.05, 0.1) is 18.8 Å². The standard InChI is InChI=1S/C17H25N3O/c1-13(16-7-5-4-6-8-16)9-10-18-17-14(2)15(3)19-20(17)11-12-21/h4-8,13,18,21H,9-12H2,1-3H3/t13-/m1/s1. The normalized spacial score (nSPS) is 12.4. The number of rotatable bonds is 7. The van der Waals surface area contributed by atoms with Crippen LogP contribution in [0, 0.1) is 13.8 Å². The molecule has 4 nitrogen and oxygen atoms in total. The summed E-state index contributed by atoms with van der Waals surface area (Å²) in [6.45, 7) is 7.86. The highest BCUT2D eigenvalue weighted by molar-refractivity contribution is 5.46. The van der Waals surface area contributed by atoms with E-state index in [1.165, 1.54) is 5.56 Å². The van der Waals surface area contributed by atoms with Crippen LogP contribution in [0.25, 0.3) is 0 Å². The first-order valence-electron chi connectivity index (χ1n) is 7.57. The van der Waals surface area contributed by atoms with Crippen molar-refractivity contribution in [3.8, 4) is 0 Å². The van der Waals surface area contributed by atoms with Gasteiger partial charge in [-0.3, -0.25) is 0 Å². The van der Waals surface area contributed by atoms with Crippen molar-refractivity contribution in [1.29, 1.82) is 0 Å². The van der Waals surface area contributed by atoms with Gasteiger partial charge in [0.2, 0.25) is 0 Å². The molecule has 1 aromatic heterocycles. The number of anilines is 1. The van der Waals surface area contributed by atoms with E-state index in [-0.39, 0.29) is 6.61 Å². The number of benzene rings is 1. The zero-order valence-electron chi connectivity index (χ0n) is 13.1. The van der Waals surface area contributed by atoms with Gasteiger partial charge in [-0.2, -0.15) is 5.10 Å². The van der Waals surface area contributed by atoms with Crippen LogP contribution in [-0.4, -0.2) is 28.0 Å².